The second-order valence-electron chi connectivity index (χ2n) is 1.79. The van der Waals surface area contributed by atoms with Crippen LogP contribution in [0.2, 0.25) is 0 Å². The zero-order chi connectivity index (χ0) is 5.86. The standard InChI is InChI=1S/C6H11O/c1-4-5(2)6(3)7/h1,4-7H,2-3H3. The van der Waals surface area contributed by atoms with Gasteiger partial charge in [0.25, 0.3) is 0 Å². The summed E-state index contributed by atoms with van der Waals surface area (Å²) in [5.74, 6) is 0.111. The third kappa shape index (κ3) is 2.40. The molecule has 0 aliphatic rings. The average Bonchev–Trinajstić information content (AvgIpc) is 1.65. The van der Waals surface area contributed by atoms with Gasteiger partial charge >= 0.3 is 0 Å². The summed E-state index contributed by atoms with van der Waals surface area (Å²) in [5.41, 5.74) is 0. The van der Waals surface area contributed by atoms with Crippen molar-refractivity contribution in [2.75, 3.05) is 0 Å². The van der Waals surface area contributed by atoms with Crippen molar-refractivity contribution < 1.29 is 5.11 Å². The Labute approximate surface area is 44.7 Å². The van der Waals surface area contributed by atoms with Crippen molar-refractivity contribution in [2.45, 2.75) is 20.0 Å². The van der Waals surface area contributed by atoms with Crippen LogP contribution in [0.5, 0.6) is 0 Å². The highest BCUT2D eigenvalue weighted by molar-refractivity contribution is 4.75. The summed E-state index contributed by atoms with van der Waals surface area (Å²) in [5, 5.41) is 8.71. The Bertz CT molecular complexity index is 57.2. The van der Waals surface area contributed by atoms with Crippen LogP contribution in [0.15, 0.2) is 6.08 Å². The molecule has 0 bridgehead atoms. The molecule has 0 rings (SSSR count). The second-order valence-corrected chi connectivity index (χ2v) is 1.79. The van der Waals surface area contributed by atoms with Crippen LogP contribution in [0.1, 0.15) is 13.8 Å². The van der Waals surface area contributed by atoms with Crippen molar-refractivity contribution in [3.8, 4) is 0 Å². The molecule has 0 saturated carbocycles. The Hall–Kier alpha value is -0.300. The lowest BCUT2D eigenvalue weighted by molar-refractivity contribution is 0.157. The van der Waals surface area contributed by atoms with Crippen LogP contribution < -0.4 is 0 Å². The first-order chi connectivity index (χ1) is 3.18. The molecule has 0 saturated heterocycles. The number of hydrogen-bond donors (Lipinski definition) is 1. The van der Waals surface area contributed by atoms with Gasteiger partial charge in [-0.3, -0.25) is 0 Å². The quantitative estimate of drug-likeness (QED) is 0.547. The van der Waals surface area contributed by atoms with Gasteiger partial charge in [0.15, 0.2) is 0 Å². The molecule has 41 valence electrons. The van der Waals surface area contributed by atoms with Crippen LogP contribution in [0.3, 0.4) is 0 Å². The van der Waals surface area contributed by atoms with Crippen LogP contribution in [0.4, 0.5) is 0 Å². The van der Waals surface area contributed by atoms with Crippen molar-refractivity contribution in [2.24, 2.45) is 5.92 Å². The molecule has 0 amide bonds. The van der Waals surface area contributed by atoms with Gasteiger partial charge in [-0.2, -0.15) is 0 Å². The number of aliphatic hydroxyl groups excluding tert-OH is 1. The Kier molecular flexibility index (Phi) is 2.68. The fourth-order valence-electron chi connectivity index (χ4n) is 0.161. The molecule has 0 aliphatic heterocycles. The van der Waals surface area contributed by atoms with Gasteiger partial charge in [-0.25, -0.2) is 0 Å². The third-order valence-electron chi connectivity index (χ3n) is 1.06. The molecule has 0 aliphatic carbocycles. The van der Waals surface area contributed by atoms with E-state index in [-0.39, 0.29) is 12.0 Å². The molecular formula is C6H11O. The van der Waals surface area contributed by atoms with Crippen molar-refractivity contribution in [3.05, 3.63) is 12.7 Å². The van der Waals surface area contributed by atoms with E-state index in [9.17, 15) is 0 Å². The zero-order valence-corrected chi connectivity index (χ0v) is 4.76. The van der Waals surface area contributed by atoms with Gasteiger partial charge < -0.3 is 5.11 Å². The molecule has 0 aromatic heterocycles. The van der Waals surface area contributed by atoms with E-state index in [0.29, 0.717) is 0 Å². The van der Waals surface area contributed by atoms with E-state index in [0.717, 1.165) is 0 Å². The van der Waals surface area contributed by atoms with Gasteiger partial charge in [0.2, 0.25) is 0 Å². The molecule has 0 heterocycles. The summed E-state index contributed by atoms with van der Waals surface area (Å²) in [4.78, 5) is 0. The Morgan fingerprint density at radius 2 is 2.00 bits per heavy atom. The second kappa shape index (κ2) is 2.80. The molecule has 7 heavy (non-hydrogen) atoms. The predicted octanol–water partition coefficient (Wildman–Crippen LogP) is 0.992. The molecule has 1 heteroatoms. The normalized spacial score (nSPS) is 18.1. The number of rotatable bonds is 2. The van der Waals surface area contributed by atoms with Crippen molar-refractivity contribution >= 4 is 0 Å². The van der Waals surface area contributed by atoms with E-state index in [1.165, 1.54) is 6.08 Å². The maximum absolute atomic E-state index is 8.71. The first-order valence-electron chi connectivity index (χ1n) is 2.41. The molecule has 1 radical (unpaired) electrons. The number of aliphatic hydroxyl groups is 1. The van der Waals surface area contributed by atoms with Crippen LogP contribution in [-0.2, 0) is 0 Å². The van der Waals surface area contributed by atoms with Crippen LogP contribution in [0.25, 0.3) is 0 Å². The fourth-order valence-corrected chi connectivity index (χ4v) is 0.161. The summed E-state index contributed by atoms with van der Waals surface area (Å²) >= 11 is 0. The molecule has 0 spiro atoms. The molecule has 0 aromatic carbocycles. The van der Waals surface area contributed by atoms with Gasteiger partial charge in [-0.15, -0.1) is 0 Å². The Morgan fingerprint density at radius 3 is 2.00 bits per heavy atom. The highest BCUT2D eigenvalue weighted by Gasteiger charge is 2.00. The van der Waals surface area contributed by atoms with Crippen LogP contribution in [-0.4, -0.2) is 11.2 Å². The maximum atomic E-state index is 8.71. The van der Waals surface area contributed by atoms with Gasteiger partial charge in [0.1, 0.15) is 0 Å². The monoisotopic (exact) mass is 99.1 g/mol. The summed E-state index contributed by atoms with van der Waals surface area (Å²) in [6.45, 7) is 8.67. The lowest BCUT2D eigenvalue weighted by Crippen LogP contribution is -2.09. The zero-order valence-electron chi connectivity index (χ0n) is 4.76. The lowest BCUT2D eigenvalue weighted by Gasteiger charge is -2.06. The topological polar surface area (TPSA) is 20.2 Å². The highest BCUT2D eigenvalue weighted by Crippen LogP contribution is 2.00. The SMILES string of the molecule is [CH]=CC(C)C(C)O. The highest BCUT2D eigenvalue weighted by atomic mass is 16.3. The summed E-state index contributed by atoms with van der Waals surface area (Å²) in [7, 11) is 0. The minimum atomic E-state index is -0.315. The van der Waals surface area contributed by atoms with Gasteiger partial charge in [-0.1, -0.05) is 19.6 Å². The fraction of sp³-hybridized carbons (Fsp3) is 0.667. The van der Waals surface area contributed by atoms with Crippen molar-refractivity contribution in [1.82, 2.24) is 0 Å². The minimum Gasteiger partial charge on any atom is -0.393 e. The molecule has 2 unspecified atom stereocenters. The average molecular weight is 99.2 g/mol. The summed E-state index contributed by atoms with van der Waals surface area (Å²) in [6, 6.07) is 0. The number of hydrogen-bond acceptors (Lipinski definition) is 1. The van der Waals surface area contributed by atoms with Gasteiger partial charge in [0, 0.05) is 0 Å². The van der Waals surface area contributed by atoms with E-state index in [1.807, 2.05) is 6.92 Å². The first kappa shape index (κ1) is 6.70. The summed E-state index contributed by atoms with van der Waals surface area (Å²) < 4.78 is 0. The van der Waals surface area contributed by atoms with Gasteiger partial charge in [0.05, 0.1) is 6.10 Å². The third-order valence-corrected chi connectivity index (χ3v) is 1.06. The van der Waals surface area contributed by atoms with E-state index in [2.05, 4.69) is 0 Å². The lowest BCUT2D eigenvalue weighted by atomic mass is 10.1. The predicted molar refractivity (Wildman–Crippen MR) is 29.7 cm³/mol. The van der Waals surface area contributed by atoms with Crippen LogP contribution in [0, 0.1) is 12.5 Å². The molecular weight excluding hydrogens is 88.1 g/mol. The molecule has 0 aromatic rings. The van der Waals surface area contributed by atoms with E-state index in [4.69, 9.17) is 11.7 Å². The van der Waals surface area contributed by atoms with E-state index >= 15 is 0 Å². The first-order valence-corrected chi connectivity index (χ1v) is 2.41. The van der Waals surface area contributed by atoms with Crippen molar-refractivity contribution in [3.63, 3.8) is 0 Å². The Morgan fingerprint density at radius 1 is 1.57 bits per heavy atom. The Balaban J connectivity index is 3.33. The van der Waals surface area contributed by atoms with Crippen molar-refractivity contribution in [1.29, 1.82) is 0 Å². The van der Waals surface area contributed by atoms with Crippen LogP contribution >= 0.6 is 0 Å². The molecule has 0 fully saturated rings. The van der Waals surface area contributed by atoms with E-state index < -0.39 is 0 Å². The maximum Gasteiger partial charge on any atom is 0.0572 e. The van der Waals surface area contributed by atoms with E-state index in [1.54, 1.807) is 6.92 Å². The minimum absolute atomic E-state index is 0.111. The molecule has 2 atom stereocenters. The molecule has 1 N–H and O–H groups in total. The summed E-state index contributed by atoms with van der Waals surface area (Å²) in [6.07, 6.45) is 1.18. The largest absolute Gasteiger partial charge is 0.393 e. The smallest absolute Gasteiger partial charge is 0.0572 e. The molecule has 1 nitrogen and oxygen atoms in total. The van der Waals surface area contributed by atoms with Gasteiger partial charge in [-0.05, 0) is 12.8 Å².